The fraction of sp³-hybridized carbons (Fsp3) is 0.941. The van der Waals surface area contributed by atoms with Crippen molar-refractivity contribution < 1.29 is 8.42 Å². The first-order valence-corrected chi connectivity index (χ1v) is 11.0. The highest BCUT2D eigenvalue weighted by atomic mass is 32.2. The van der Waals surface area contributed by atoms with Crippen LogP contribution in [0.15, 0.2) is 4.99 Å². The van der Waals surface area contributed by atoms with E-state index in [1.54, 1.807) is 6.92 Å². The largest absolute Gasteiger partial charge is 0.357 e. The molecule has 1 saturated carbocycles. The zero-order valence-electron chi connectivity index (χ0n) is 15.1. The Morgan fingerprint density at radius 3 is 2.52 bits per heavy atom. The van der Waals surface area contributed by atoms with Crippen LogP contribution in [0.5, 0.6) is 0 Å². The third-order valence-electron chi connectivity index (χ3n) is 4.57. The minimum atomic E-state index is -2.95. The number of guanidine groups is 1. The van der Waals surface area contributed by atoms with E-state index in [2.05, 4.69) is 22.5 Å². The number of sulfone groups is 1. The smallest absolute Gasteiger partial charge is 0.191 e. The Kier molecular flexibility index (Phi) is 9.60. The van der Waals surface area contributed by atoms with E-state index in [0.717, 1.165) is 24.8 Å². The summed E-state index contributed by atoms with van der Waals surface area (Å²) < 4.78 is 23.1. The van der Waals surface area contributed by atoms with E-state index in [-0.39, 0.29) is 11.5 Å². The van der Waals surface area contributed by atoms with E-state index in [1.165, 1.54) is 38.5 Å². The molecule has 0 spiro atoms. The minimum Gasteiger partial charge on any atom is -0.357 e. The van der Waals surface area contributed by atoms with E-state index in [0.29, 0.717) is 12.6 Å². The van der Waals surface area contributed by atoms with Crippen LogP contribution >= 0.6 is 0 Å². The number of nitrogens with zero attached hydrogens (tertiary/aromatic N) is 1. The molecule has 1 unspecified atom stereocenters. The SMILES string of the molecule is CCNC(=NCCS(=O)(=O)CC)NC(C)CCC1CCCCC1. The predicted octanol–water partition coefficient (Wildman–Crippen LogP) is 2.73. The molecule has 1 rings (SSSR count). The normalized spacial score (nSPS) is 18.7. The zero-order valence-corrected chi connectivity index (χ0v) is 15.9. The molecule has 1 atom stereocenters. The van der Waals surface area contributed by atoms with Gasteiger partial charge in [0.1, 0.15) is 0 Å². The molecule has 6 heteroatoms. The van der Waals surface area contributed by atoms with Gasteiger partial charge in [0.25, 0.3) is 0 Å². The fourth-order valence-corrected chi connectivity index (χ4v) is 3.69. The lowest BCUT2D eigenvalue weighted by molar-refractivity contribution is 0.322. The van der Waals surface area contributed by atoms with Crippen molar-refractivity contribution in [3.63, 3.8) is 0 Å². The van der Waals surface area contributed by atoms with Crippen LogP contribution in [0.2, 0.25) is 0 Å². The predicted molar refractivity (Wildman–Crippen MR) is 98.7 cm³/mol. The first-order valence-electron chi connectivity index (χ1n) is 9.22. The molecule has 0 heterocycles. The van der Waals surface area contributed by atoms with Gasteiger partial charge in [-0.3, -0.25) is 4.99 Å². The highest BCUT2D eigenvalue weighted by Gasteiger charge is 2.15. The summed E-state index contributed by atoms with van der Waals surface area (Å²) >= 11 is 0. The average molecular weight is 346 g/mol. The van der Waals surface area contributed by atoms with Gasteiger partial charge in [-0.2, -0.15) is 0 Å². The Labute approximate surface area is 142 Å². The molecule has 0 radical (unpaired) electrons. The number of nitrogens with one attached hydrogen (secondary N) is 2. The molecule has 0 aromatic carbocycles. The maximum atomic E-state index is 11.5. The number of hydrogen-bond donors (Lipinski definition) is 2. The van der Waals surface area contributed by atoms with Gasteiger partial charge >= 0.3 is 0 Å². The topological polar surface area (TPSA) is 70.6 Å². The molecule has 0 amide bonds. The van der Waals surface area contributed by atoms with Crippen LogP contribution in [0, 0.1) is 5.92 Å². The van der Waals surface area contributed by atoms with Crippen molar-refractivity contribution in [2.75, 3.05) is 24.6 Å². The molecule has 0 aliphatic heterocycles. The molecule has 0 aromatic rings. The Morgan fingerprint density at radius 2 is 1.91 bits per heavy atom. The summed E-state index contributed by atoms with van der Waals surface area (Å²) in [5.74, 6) is 1.93. The van der Waals surface area contributed by atoms with Crippen molar-refractivity contribution in [1.29, 1.82) is 0 Å². The summed E-state index contributed by atoms with van der Waals surface area (Å²) in [7, 11) is -2.95. The lowest BCUT2D eigenvalue weighted by Gasteiger charge is -2.24. The maximum absolute atomic E-state index is 11.5. The first-order chi connectivity index (χ1) is 11.0. The molecule has 0 aromatic heterocycles. The van der Waals surface area contributed by atoms with Crippen molar-refractivity contribution >= 4 is 15.8 Å². The van der Waals surface area contributed by atoms with Crippen molar-refractivity contribution in [2.24, 2.45) is 10.9 Å². The molecule has 1 aliphatic carbocycles. The average Bonchev–Trinajstić information content (AvgIpc) is 2.54. The van der Waals surface area contributed by atoms with Gasteiger partial charge in [0.15, 0.2) is 15.8 Å². The van der Waals surface area contributed by atoms with E-state index in [4.69, 9.17) is 0 Å². The third-order valence-corrected chi connectivity index (χ3v) is 6.26. The summed E-state index contributed by atoms with van der Waals surface area (Å²) in [6, 6.07) is 0.359. The first kappa shape index (κ1) is 20.3. The Bertz CT molecular complexity index is 443. The van der Waals surface area contributed by atoms with E-state index in [1.807, 2.05) is 6.92 Å². The highest BCUT2D eigenvalue weighted by Crippen LogP contribution is 2.27. The zero-order chi connectivity index (χ0) is 17.1. The summed E-state index contributed by atoms with van der Waals surface area (Å²) in [6.45, 7) is 6.98. The fourth-order valence-electron chi connectivity index (χ4n) is 3.03. The highest BCUT2D eigenvalue weighted by molar-refractivity contribution is 7.91. The van der Waals surface area contributed by atoms with Crippen LogP contribution in [0.4, 0.5) is 0 Å². The summed E-state index contributed by atoms with van der Waals surface area (Å²) in [5.41, 5.74) is 0. The summed E-state index contributed by atoms with van der Waals surface area (Å²) in [6.07, 6.45) is 9.37. The van der Waals surface area contributed by atoms with Crippen molar-refractivity contribution in [3.05, 3.63) is 0 Å². The monoisotopic (exact) mass is 345 g/mol. The maximum Gasteiger partial charge on any atom is 0.191 e. The van der Waals surface area contributed by atoms with Gasteiger partial charge in [-0.05, 0) is 32.6 Å². The van der Waals surface area contributed by atoms with Gasteiger partial charge in [-0.25, -0.2) is 8.42 Å². The van der Waals surface area contributed by atoms with E-state index < -0.39 is 9.84 Å². The van der Waals surface area contributed by atoms with Gasteiger partial charge in [-0.15, -0.1) is 0 Å². The second-order valence-corrected chi connectivity index (χ2v) is 9.10. The molecule has 2 N–H and O–H groups in total. The van der Waals surface area contributed by atoms with Crippen molar-refractivity contribution in [3.8, 4) is 0 Å². The Morgan fingerprint density at radius 1 is 1.22 bits per heavy atom. The van der Waals surface area contributed by atoms with Crippen LogP contribution in [-0.2, 0) is 9.84 Å². The molecule has 23 heavy (non-hydrogen) atoms. The number of hydrogen-bond acceptors (Lipinski definition) is 3. The summed E-state index contributed by atoms with van der Waals surface area (Å²) in [5, 5.41) is 6.61. The third kappa shape index (κ3) is 9.18. The summed E-state index contributed by atoms with van der Waals surface area (Å²) in [4.78, 5) is 4.40. The van der Waals surface area contributed by atoms with E-state index >= 15 is 0 Å². The van der Waals surface area contributed by atoms with Crippen LogP contribution in [0.25, 0.3) is 0 Å². The molecular formula is C17H35N3O2S. The van der Waals surface area contributed by atoms with Crippen molar-refractivity contribution in [2.45, 2.75) is 71.8 Å². The van der Waals surface area contributed by atoms with Crippen LogP contribution in [-0.4, -0.2) is 45.0 Å². The van der Waals surface area contributed by atoms with Crippen LogP contribution in [0.3, 0.4) is 0 Å². The van der Waals surface area contributed by atoms with Crippen LogP contribution in [0.1, 0.15) is 65.7 Å². The lowest BCUT2D eigenvalue weighted by atomic mass is 9.85. The molecule has 0 bridgehead atoms. The van der Waals surface area contributed by atoms with E-state index in [9.17, 15) is 8.42 Å². The molecule has 1 fully saturated rings. The van der Waals surface area contributed by atoms with Gasteiger partial charge in [-0.1, -0.05) is 39.0 Å². The quantitative estimate of drug-likeness (QED) is 0.498. The lowest BCUT2D eigenvalue weighted by Crippen LogP contribution is -2.42. The number of rotatable bonds is 9. The second kappa shape index (κ2) is 10.9. The number of aliphatic imine (C=N–C) groups is 1. The molecular weight excluding hydrogens is 310 g/mol. The van der Waals surface area contributed by atoms with Gasteiger partial charge < -0.3 is 10.6 Å². The van der Waals surface area contributed by atoms with Gasteiger partial charge in [0.05, 0.1) is 12.3 Å². The Hall–Kier alpha value is -0.780. The van der Waals surface area contributed by atoms with Gasteiger partial charge in [0, 0.05) is 18.3 Å². The molecule has 0 saturated heterocycles. The molecule has 1 aliphatic rings. The second-order valence-electron chi connectivity index (χ2n) is 6.62. The van der Waals surface area contributed by atoms with Gasteiger partial charge in [0.2, 0.25) is 0 Å². The van der Waals surface area contributed by atoms with Crippen LogP contribution < -0.4 is 10.6 Å². The Balaban J connectivity index is 2.37. The minimum absolute atomic E-state index is 0.122. The molecule has 136 valence electrons. The standard InChI is InChI=1S/C17H35N3O2S/c1-4-18-17(19-13-14-23(21,22)5-2)20-15(3)11-12-16-9-7-6-8-10-16/h15-16H,4-14H2,1-3H3,(H2,18,19,20). The van der Waals surface area contributed by atoms with Crippen molar-refractivity contribution in [1.82, 2.24) is 10.6 Å². The molecule has 5 nitrogen and oxygen atoms in total.